The molecule has 2 aromatic carbocycles. The molecule has 2 aromatic rings. The molecule has 0 amide bonds. The fourth-order valence-electron chi connectivity index (χ4n) is 3.63. The molecule has 1 saturated heterocycles. The van der Waals surface area contributed by atoms with Gasteiger partial charge in [-0.2, -0.15) is 0 Å². The average molecular weight is 345 g/mol. The van der Waals surface area contributed by atoms with E-state index in [4.69, 9.17) is 0 Å². The summed E-state index contributed by atoms with van der Waals surface area (Å²) in [4.78, 5) is 0. The Morgan fingerprint density at radius 3 is 1.71 bits per heavy atom. The Balaban J connectivity index is 1.96. The Hall–Kier alpha value is -1.69. The van der Waals surface area contributed by atoms with Crippen LogP contribution in [-0.2, 0) is 15.6 Å². The van der Waals surface area contributed by atoms with Crippen molar-refractivity contribution >= 4 is 10.0 Å². The first-order chi connectivity index (χ1) is 11.4. The van der Waals surface area contributed by atoms with Crippen LogP contribution < -0.4 is 0 Å². The minimum Gasteiger partial charge on any atom is -0.380 e. The van der Waals surface area contributed by atoms with Gasteiger partial charge in [0.15, 0.2) is 0 Å². The third-order valence-corrected chi connectivity index (χ3v) is 6.24. The molecule has 1 aliphatic rings. The van der Waals surface area contributed by atoms with E-state index in [1.54, 1.807) is 0 Å². The first-order valence-electron chi connectivity index (χ1n) is 8.21. The van der Waals surface area contributed by atoms with E-state index in [-0.39, 0.29) is 5.92 Å². The molecule has 128 valence electrons. The lowest BCUT2D eigenvalue weighted by Gasteiger charge is -2.41. The van der Waals surface area contributed by atoms with Gasteiger partial charge in [-0.1, -0.05) is 60.7 Å². The summed E-state index contributed by atoms with van der Waals surface area (Å²) in [7, 11) is -3.17. The number of aliphatic hydroxyl groups is 1. The Bertz CT molecular complexity index is 727. The summed E-state index contributed by atoms with van der Waals surface area (Å²) >= 11 is 0. The Morgan fingerprint density at radius 1 is 0.917 bits per heavy atom. The van der Waals surface area contributed by atoms with E-state index in [2.05, 4.69) is 0 Å². The van der Waals surface area contributed by atoms with Crippen molar-refractivity contribution in [2.45, 2.75) is 18.4 Å². The Labute approximate surface area is 143 Å². The van der Waals surface area contributed by atoms with Gasteiger partial charge < -0.3 is 5.11 Å². The van der Waals surface area contributed by atoms with Gasteiger partial charge in [0, 0.05) is 13.1 Å². The maximum absolute atomic E-state index is 11.7. The average Bonchev–Trinajstić information content (AvgIpc) is 2.62. The number of sulfonamides is 1. The molecule has 5 heteroatoms. The molecule has 0 bridgehead atoms. The van der Waals surface area contributed by atoms with E-state index in [0.717, 1.165) is 11.1 Å². The molecule has 0 aliphatic carbocycles. The smallest absolute Gasteiger partial charge is 0.211 e. The molecular weight excluding hydrogens is 322 g/mol. The summed E-state index contributed by atoms with van der Waals surface area (Å²) in [5, 5.41) is 11.7. The van der Waals surface area contributed by atoms with Gasteiger partial charge in [-0.05, 0) is 29.9 Å². The zero-order valence-electron chi connectivity index (χ0n) is 13.8. The highest BCUT2D eigenvalue weighted by Crippen LogP contribution is 2.42. The maximum atomic E-state index is 11.7. The van der Waals surface area contributed by atoms with E-state index in [1.807, 2.05) is 60.7 Å². The number of hydrogen-bond acceptors (Lipinski definition) is 3. The van der Waals surface area contributed by atoms with Crippen LogP contribution in [0.4, 0.5) is 0 Å². The first-order valence-corrected chi connectivity index (χ1v) is 10.1. The SMILES string of the molecule is CS(=O)(=O)N1CCC(C(O)(c2ccccc2)c2ccccc2)CC1. The van der Waals surface area contributed by atoms with Gasteiger partial charge in [0.2, 0.25) is 10.0 Å². The van der Waals surface area contributed by atoms with E-state index < -0.39 is 15.6 Å². The molecule has 24 heavy (non-hydrogen) atoms. The van der Waals surface area contributed by atoms with E-state index >= 15 is 0 Å². The molecule has 3 rings (SSSR count). The molecule has 1 N–H and O–H groups in total. The van der Waals surface area contributed by atoms with Gasteiger partial charge in [0.25, 0.3) is 0 Å². The van der Waals surface area contributed by atoms with Gasteiger partial charge in [0.05, 0.1) is 6.26 Å². The monoisotopic (exact) mass is 345 g/mol. The summed E-state index contributed by atoms with van der Waals surface area (Å²) in [6, 6.07) is 19.3. The van der Waals surface area contributed by atoms with Crippen LogP contribution in [0.25, 0.3) is 0 Å². The predicted octanol–water partition coefficient (Wildman–Crippen LogP) is 2.59. The quantitative estimate of drug-likeness (QED) is 0.927. The zero-order chi connectivity index (χ0) is 17.2. The molecular formula is C19H23NO3S. The van der Waals surface area contributed by atoms with E-state index in [0.29, 0.717) is 25.9 Å². The van der Waals surface area contributed by atoms with Gasteiger partial charge >= 0.3 is 0 Å². The second-order valence-corrected chi connectivity index (χ2v) is 8.42. The van der Waals surface area contributed by atoms with Crippen LogP contribution in [-0.4, -0.2) is 37.2 Å². The topological polar surface area (TPSA) is 57.6 Å². The molecule has 0 unspecified atom stereocenters. The molecule has 0 aromatic heterocycles. The summed E-state index contributed by atoms with van der Waals surface area (Å²) in [5.74, 6) is -0.0275. The van der Waals surface area contributed by atoms with Crippen molar-refractivity contribution in [2.24, 2.45) is 5.92 Å². The lowest BCUT2D eigenvalue weighted by Crippen LogP contribution is -2.45. The van der Waals surface area contributed by atoms with Crippen molar-refractivity contribution in [3.05, 3.63) is 71.8 Å². The highest BCUT2D eigenvalue weighted by Gasteiger charge is 2.42. The van der Waals surface area contributed by atoms with Gasteiger partial charge in [-0.15, -0.1) is 0 Å². The number of rotatable bonds is 4. The molecule has 1 aliphatic heterocycles. The Kier molecular flexibility index (Phi) is 4.76. The van der Waals surface area contributed by atoms with Crippen molar-refractivity contribution in [1.29, 1.82) is 0 Å². The fourth-order valence-corrected chi connectivity index (χ4v) is 4.50. The summed E-state index contributed by atoms with van der Waals surface area (Å²) in [6.07, 6.45) is 2.51. The van der Waals surface area contributed by atoms with Crippen molar-refractivity contribution < 1.29 is 13.5 Å². The van der Waals surface area contributed by atoms with Gasteiger partial charge in [0.1, 0.15) is 5.60 Å². The summed E-state index contributed by atoms with van der Waals surface area (Å²) in [6.45, 7) is 0.900. The van der Waals surface area contributed by atoms with Crippen LogP contribution in [0, 0.1) is 5.92 Å². The number of benzene rings is 2. The summed E-state index contributed by atoms with van der Waals surface area (Å²) in [5.41, 5.74) is 0.606. The maximum Gasteiger partial charge on any atom is 0.211 e. The number of nitrogens with zero attached hydrogens (tertiary/aromatic N) is 1. The van der Waals surface area contributed by atoms with Crippen molar-refractivity contribution in [3.63, 3.8) is 0 Å². The largest absolute Gasteiger partial charge is 0.380 e. The normalized spacial score (nSPS) is 17.8. The second kappa shape index (κ2) is 6.67. The number of hydrogen-bond donors (Lipinski definition) is 1. The van der Waals surface area contributed by atoms with Crippen LogP contribution in [0.1, 0.15) is 24.0 Å². The van der Waals surface area contributed by atoms with Crippen molar-refractivity contribution in [3.8, 4) is 0 Å². The number of piperidine rings is 1. The lowest BCUT2D eigenvalue weighted by molar-refractivity contribution is -0.00525. The lowest BCUT2D eigenvalue weighted by atomic mass is 9.72. The molecule has 1 fully saturated rings. The van der Waals surface area contributed by atoms with Gasteiger partial charge in [-0.3, -0.25) is 0 Å². The van der Waals surface area contributed by atoms with Crippen molar-refractivity contribution in [2.75, 3.05) is 19.3 Å². The highest BCUT2D eigenvalue weighted by molar-refractivity contribution is 7.88. The van der Waals surface area contributed by atoms with Crippen LogP contribution >= 0.6 is 0 Å². The third-order valence-electron chi connectivity index (χ3n) is 4.94. The van der Waals surface area contributed by atoms with Crippen LogP contribution in [0.5, 0.6) is 0 Å². The van der Waals surface area contributed by atoms with Crippen LogP contribution in [0.3, 0.4) is 0 Å². The summed E-state index contributed by atoms with van der Waals surface area (Å²) < 4.78 is 25.0. The molecule has 0 atom stereocenters. The molecule has 0 spiro atoms. The first kappa shape index (κ1) is 17.1. The molecule has 1 heterocycles. The minimum absolute atomic E-state index is 0.0275. The molecule has 0 radical (unpaired) electrons. The highest BCUT2D eigenvalue weighted by atomic mass is 32.2. The minimum atomic E-state index is -3.17. The van der Waals surface area contributed by atoms with E-state index in [9.17, 15) is 13.5 Å². The molecule has 0 saturated carbocycles. The standard InChI is InChI=1S/C19H23NO3S/c1-24(22,23)20-14-12-18(13-15-20)19(21,16-8-4-2-5-9-16)17-10-6-3-7-11-17/h2-11,18,21H,12-15H2,1H3. The predicted molar refractivity (Wildman–Crippen MR) is 95.0 cm³/mol. The zero-order valence-corrected chi connectivity index (χ0v) is 14.6. The fraction of sp³-hybridized carbons (Fsp3) is 0.368. The second-order valence-electron chi connectivity index (χ2n) is 6.43. The van der Waals surface area contributed by atoms with Gasteiger partial charge in [-0.25, -0.2) is 12.7 Å². The van der Waals surface area contributed by atoms with Crippen molar-refractivity contribution in [1.82, 2.24) is 4.31 Å². The molecule has 4 nitrogen and oxygen atoms in total. The van der Waals surface area contributed by atoms with Crippen LogP contribution in [0.2, 0.25) is 0 Å². The Morgan fingerprint density at radius 2 is 1.33 bits per heavy atom. The third kappa shape index (κ3) is 3.24. The van der Waals surface area contributed by atoms with E-state index in [1.165, 1.54) is 10.6 Å². The van der Waals surface area contributed by atoms with Crippen LogP contribution in [0.15, 0.2) is 60.7 Å².